The fourth-order valence-corrected chi connectivity index (χ4v) is 3.78. The number of hydrogen-bond donors (Lipinski definition) is 0. The van der Waals surface area contributed by atoms with Crippen molar-refractivity contribution in [3.8, 4) is 11.5 Å². The molecule has 0 saturated carbocycles. The molecule has 0 aliphatic carbocycles. The highest BCUT2D eigenvalue weighted by Crippen LogP contribution is 2.34. The van der Waals surface area contributed by atoms with Gasteiger partial charge in [0.05, 0.1) is 13.1 Å². The summed E-state index contributed by atoms with van der Waals surface area (Å²) in [7, 11) is 0. The minimum Gasteiger partial charge on any atom is -0.486 e. The molecule has 5 nitrogen and oxygen atoms in total. The lowest BCUT2D eigenvalue weighted by molar-refractivity contribution is -0.119. The molecule has 0 spiro atoms. The molecule has 1 aliphatic rings. The van der Waals surface area contributed by atoms with Crippen LogP contribution < -0.4 is 14.4 Å². The number of carbonyl (C=O) groups is 1. The van der Waals surface area contributed by atoms with Crippen LogP contribution in [0, 0.1) is 0 Å². The molecule has 2 heterocycles. The van der Waals surface area contributed by atoms with Crippen LogP contribution >= 0.6 is 11.3 Å². The van der Waals surface area contributed by atoms with Gasteiger partial charge in [-0.25, -0.2) is 0 Å². The Labute approximate surface area is 165 Å². The number of rotatable bonds is 9. The lowest BCUT2D eigenvalue weighted by Crippen LogP contribution is -2.40. The Bertz CT molecular complexity index is 733. The van der Waals surface area contributed by atoms with Crippen molar-refractivity contribution < 1.29 is 14.3 Å². The van der Waals surface area contributed by atoms with Gasteiger partial charge >= 0.3 is 0 Å². The first kappa shape index (κ1) is 19.7. The summed E-state index contributed by atoms with van der Waals surface area (Å²) in [5, 5.41) is 2.04. The van der Waals surface area contributed by atoms with E-state index in [2.05, 4.69) is 24.8 Å². The first-order valence-corrected chi connectivity index (χ1v) is 10.5. The van der Waals surface area contributed by atoms with Crippen molar-refractivity contribution in [2.45, 2.75) is 33.2 Å². The van der Waals surface area contributed by atoms with Crippen molar-refractivity contribution in [1.82, 2.24) is 4.90 Å². The fourth-order valence-electron chi connectivity index (χ4n) is 3.09. The van der Waals surface area contributed by atoms with E-state index in [0.29, 0.717) is 32.1 Å². The van der Waals surface area contributed by atoms with Crippen LogP contribution in [0.15, 0.2) is 35.7 Å². The van der Waals surface area contributed by atoms with Crippen molar-refractivity contribution in [2.75, 3.05) is 37.7 Å². The lowest BCUT2D eigenvalue weighted by Gasteiger charge is -2.28. The van der Waals surface area contributed by atoms with E-state index in [4.69, 9.17) is 9.47 Å². The minimum atomic E-state index is 0.109. The summed E-state index contributed by atoms with van der Waals surface area (Å²) in [6.45, 7) is 8.21. The standard InChI is InChI=1S/C21H28N2O3S/c1-3-5-10-22(4-2)16-21(24)23(15-18-7-6-13-27-18)17-8-9-19-20(14-17)26-12-11-25-19/h6-9,13-14H,3-5,10-12,15-16H2,1-2H3. The number of unbranched alkanes of at least 4 members (excludes halogenated alkanes) is 1. The molecule has 0 unspecified atom stereocenters. The van der Waals surface area contributed by atoms with E-state index >= 15 is 0 Å². The maximum absolute atomic E-state index is 13.2. The Morgan fingerprint density at radius 3 is 2.67 bits per heavy atom. The van der Waals surface area contributed by atoms with Gasteiger partial charge < -0.3 is 14.4 Å². The number of likely N-dealkylation sites (N-methyl/N-ethyl adjacent to an activating group) is 1. The van der Waals surface area contributed by atoms with Crippen molar-refractivity contribution in [3.63, 3.8) is 0 Å². The summed E-state index contributed by atoms with van der Waals surface area (Å²) in [4.78, 5) is 18.4. The molecule has 6 heteroatoms. The highest BCUT2D eigenvalue weighted by molar-refractivity contribution is 7.09. The maximum Gasteiger partial charge on any atom is 0.241 e. The average Bonchev–Trinajstić information content (AvgIpc) is 3.22. The first-order chi connectivity index (χ1) is 13.2. The molecule has 1 aliphatic heterocycles. The Balaban J connectivity index is 1.81. The molecule has 146 valence electrons. The second-order valence-electron chi connectivity index (χ2n) is 6.61. The van der Waals surface area contributed by atoms with Crippen molar-refractivity contribution in [3.05, 3.63) is 40.6 Å². The maximum atomic E-state index is 13.2. The smallest absolute Gasteiger partial charge is 0.241 e. The van der Waals surface area contributed by atoms with Gasteiger partial charge in [-0.2, -0.15) is 0 Å². The monoisotopic (exact) mass is 388 g/mol. The fraction of sp³-hybridized carbons (Fsp3) is 0.476. The molecule has 1 aromatic heterocycles. The number of hydrogen-bond acceptors (Lipinski definition) is 5. The van der Waals surface area contributed by atoms with Crippen molar-refractivity contribution in [2.24, 2.45) is 0 Å². The number of anilines is 1. The number of thiophene rings is 1. The van der Waals surface area contributed by atoms with Crippen molar-refractivity contribution >= 4 is 22.9 Å². The summed E-state index contributed by atoms with van der Waals surface area (Å²) < 4.78 is 11.3. The molecule has 2 aromatic rings. The van der Waals surface area contributed by atoms with E-state index in [9.17, 15) is 4.79 Å². The van der Waals surface area contributed by atoms with E-state index < -0.39 is 0 Å². The zero-order valence-electron chi connectivity index (χ0n) is 16.1. The number of amides is 1. The van der Waals surface area contributed by atoms with Gasteiger partial charge in [-0.15, -0.1) is 11.3 Å². The van der Waals surface area contributed by atoms with Crippen LogP contribution in [0.1, 0.15) is 31.6 Å². The Morgan fingerprint density at radius 1 is 1.15 bits per heavy atom. The largest absolute Gasteiger partial charge is 0.486 e. The zero-order valence-corrected chi connectivity index (χ0v) is 17.0. The van der Waals surface area contributed by atoms with E-state index in [1.807, 2.05) is 34.5 Å². The number of fused-ring (bicyclic) bond motifs is 1. The Hall–Kier alpha value is -2.05. The highest BCUT2D eigenvalue weighted by atomic mass is 32.1. The molecule has 0 N–H and O–H groups in total. The molecular formula is C21H28N2O3S. The third-order valence-corrected chi connectivity index (χ3v) is 5.53. The number of carbonyl (C=O) groups excluding carboxylic acids is 1. The number of nitrogens with zero attached hydrogens (tertiary/aromatic N) is 2. The predicted molar refractivity (Wildman–Crippen MR) is 110 cm³/mol. The zero-order chi connectivity index (χ0) is 19.1. The quantitative estimate of drug-likeness (QED) is 0.646. The molecule has 1 amide bonds. The van der Waals surface area contributed by atoms with Crippen LogP contribution in [0.5, 0.6) is 11.5 Å². The van der Waals surface area contributed by atoms with E-state index in [1.54, 1.807) is 11.3 Å². The molecule has 27 heavy (non-hydrogen) atoms. The van der Waals surface area contributed by atoms with E-state index in [0.717, 1.165) is 42.2 Å². The van der Waals surface area contributed by atoms with Gasteiger partial charge in [0.25, 0.3) is 0 Å². The van der Waals surface area contributed by atoms with E-state index in [-0.39, 0.29) is 5.91 Å². The molecule has 0 fully saturated rings. The second-order valence-corrected chi connectivity index (χ2v) is 7.64. The van der Waals surface area contributed by atoms with Crippen LogP contribution in [-0.4, -0.2) is 43.7 Å². The molecule has 0 radical (unpaired) electrons. The second kappa shape index (κ2) is 9.76. The first-order valence-electron chi connectivity index (χ1n) is 9.66. The summed E-state index contributed by atoms with van der Waals surface area (Å²) in [5.41, 5.74) is 0.851. The van der Waals surface area contributed by atoms with Gasteiger partial charge in [0, 0.05) is 16.6 Å². The summed E-state index contributed by atoms with van der Waals surface area (Å²) >= 11 is 1.67. The van der Waals surface area contributed by atoms with Gasteiger partial charge in [0.15, 0.2) is 11.5 Å². The van der Waals surface area contributed by atoms with Crippen molar-refractivity contribution in [1.29, 1.82) is 0 Å². The molecule has 0 saturated heterocycles. The number of benzene rings is 1. The predicted octanol–water partition coefficient (Wildman–Crippen LogP) is 4.17. The summed E-state index contributed by atoms with van der Waals surface area (Å²) in [5.74, 6) is 1.56. The topological polar surface area (TPSA) is 42.0 Å². The Morgan fingerprint density at radius 2 is 1.96 bits per heavy atom. The number of ether oxygens (including phenoxy) is 2. The highest BCUT2D eigenvalue weighted by Gasteiger charge is 2.21. The molecule has 1 aromatic carbocycles. The molecule has 0 bridgehead atoms. The van der Waals surface area contributed by atoms with Crippen LogP contribution in [0.4, 0.5) is 5.69 Å². The normalized spacial score (nSPS) is 13.0. The molecular weight excluding hydrogens is 360 g/mol. The van der Waals surface area contributed by atoms with Gasteiger partial charge in [-0.05, 0) is 43.1 Å². The molecule has 0 atom stereocenters. The van der Waals surface area contributed by atoms with E-state index in [1.165, 1.54) is 0 Å². The van der Waals surface area contributed by atoms with Crippen LogP contribution in [-0.2, 0) is 11.3 Å². The third-order valence-electron chi connectivity index (χ3n) is 4.67. The van der Waals surface area contributed by atoms with Gasteiger partial charge in [0.2, 0.25) is 5.91 Å². The average molecular weight is 389 g/mol. The van der Waals surface area contributed by atoms with Gasteiger partial charge in [-0.1, -0.05) is 26.3 Å². The van der Waals surface area contributed by atoms with Crippen LogP contribution in [0.3, 0.4) is 0 Å². The molecule has 3 rings (SSSR count). The minimum absolute atomic E-state index is 0.109. The summed E-state index contributed by atoms with van der Waals surface area (Å²) in [6, 6.07) is 9.85. The lowest BCUT2D eigenvalue weighted by atomic mass is 10.2. The van der Waals surface area contributed by atoms with Gasteiger partial charge in [0.1, 0.15) is 13.2 Å². The van der Waals surface area contributed by atoms with Gasteiger partial charge in [-0.3, -0.25) is 9.69 Å². The Kier molecular flexibility index (Phi) is 7.12. The van der Waals surface area contributed by atoms with Crippen LogP contribution in [0.2, 0.25) is 0 Å². The SMILES string of the molecule is CCCCN(CC)CC(=O)N(Cc1cccs1)c1ccc2c(c1)OCCO2. The third kappa shape index (κ3) is 5.23. The van der Waals surface area contributed by atoms with Crippen LogP contribution in [0.25, 0.3) is 0 Å². The summed E-state index contributed by atoms with van der Waals surface area (Å²) in [6.07, 6.45) is 2.24.